The lowest BCUT2D eigenvalue weighted by Gasteiger charge is -2.07. The molecule has 2 aromatic carbocycles. The highest BCUT2D eigenvalue weighted by Gasteiger charge is 2.29. The number of rotatable bonds is 4. The third-order valence-electron chi connectivity index (χ3n) is 3.00. The van der Waals surface area contributed by atoms with Crippen molar-refractivity contribution in [1.82, 2.24) is 0 Å². The van der Waals surface area contributed by atoms with Gasteiger partial charge in [-0.2, -0.15) is 13.2 Å². The fourth-order valence-electron chi connectivity index (χ4n) is 1.75. The number of hydrogen-bond donors (Lipinski definition) is 1. The lowest BCUT2D eigenvalue weighted by atomic mass is 10.1. The highest BCUT2D eigenvalue weighted by atomic mass is 19.4. The van der Waals surface area contributed by atoms with Crippen molar-refractivity contribution in [2.24, 2.45) is 5.16 Å². The van der Waals surface area contributed by atoms with E-state index in [9.17, 15) is 18.3 Å². The first-order valence-electron chi connectivity index (χ1n) is 6.48. The molecule has 0 heterocycles. The summed E-state index contributed by atoms with van der Waals surface area (Å²) in [6.07, 6.45) is -4.34. The zero-order chi connectivity index (χ0) is 16.2. The molecule has 0 amide bonds. The van der Waals surface area contributed by atoms with Crippen LogP contribution in [0.5, 0.6) is 5.75 Å². The van der Waals surface area contributed by atoms with Crippen LogP contribution in [0.1, 0.15) is 23.6 Å². The number of benzene rings is 2. The summed E-state index contributed by atoms with van der Waals surface area (Å²) in [7, 11) is 0. The van der Waals surface area contributed by atoms with Gasteiger partial charge >= 0.3 is 6.18 Å². The van der Waals surface area contributed by atoms with Gasteiger partial charge < -0.3 is 9.94 Å². The Labute approximate surface area is 125 Å². The molecule has 0 spiro atoms. The SMILES string of the molecule is C/C(=N\OCc1ccc(C(F)(F)F)cc1)c1ccc(O)cc1. The predicted molar refractivity (Wildman–Crippen MR) is 76.6 cm³/mol. The monoisotopic (exact) mass is 309 g/mol. The number of phenolic OH excluding ortho intramolecular Hbond substituents is 1. The number of nitrogens with zero attached hydrogens (tertiary/aromatic N) is 1. The van der Waals surface area contributed by atoms with E-state index in [1.807, 2.05) is 0 Å². The molecule has 6 heteroatoms. The average molecular weight is 309 g/mol. The first-order valence-corrected chi connectivity index (χ1v) is 6.48. The van der Waals surface area contributed by atoms with E-state index in [0.717, 1.165) is 17.7 Å². The van der Waals surface area contributed by atoms with Gasteiger partial charge in [-0.1, -0.05) is 17.3 Å². The second-order valence-corrected chi connectivity index (χ2v) is 4.69. The van der Waals surface area contributed by atoms with Crippen molar-refractivity contribution in [1.29, 1.82) is 0 Å². The second kappa shape index (κ2) is 6.51. The van der Waals surface area contributed by atoms with Crippen LogP contribution in [-0.4, -0.2) is 10.8 Å². The molecule has 0 saturated carbocycles. The van der Waals surface area contributed by atoms with Crippen LogP contribution >= 0.6 is 0 Å². The molecule has 22 heavy (non-hydrogen) atoms. The van der Waals surface area contributed by atoms with Crippen molar-refractivity contribution in [3.05, 3.63) is 65.2 Å². The molecule has 0 aliphatic rings. The molecule has 0 fully saturated rings. The van der Waals surface area contributed by atoms with Crippen LogP contribution in [-0.2, 0) is 17.6 Å². The van der Waals surface area contributed by atoms with Crippen LogP contribution in [0, 0.1) is 0 Å². The van der Waals surface area contributed by atoms with E-state index in [2.05, 4.69) is 5.16 Å². The Morgan fingerprint density at radius 2 is 1.64 bits per heavy atom. The quantitative estimate of drug-likeness (QED) is 0.674. The van der Waals surface area contributed by atoms with Crippen LogP contribution in [0.15, 0.2) is 53.7 Å². The van der Waals surface area contributed by atoms with Gasteiger partial charge in [-0.3, -0.25) is 0 Å². The van der Waals surface area contributed by atoms with Crippen molar-refractivity contribution in [2.45, 2.75) is 19.7 Å². The number of hydrogen-bond acceptors (Lipinski definition) is 3. The molecule has 3 nitrogen and oxygen atoms in total. The van der Waals surface area contributed by atoms with E-state index in [1.54, 1.807) is 19.1 Å². The van der Waals surface area contributed by atoms with Crippen LogP contribution in [0.4, 0.5) is 13.2 Å². The molecule has 2 aromatic rings. The van der Waals surface area contributed by atoms with Crippen LogP contribution < -0.4 is 0 Å². The van der Waals surface area contributed by atoms with Crippen molar-refractivity contribution >= 4 is 5.71 Å². The fourth-order valence-corrected chi connectivity index (χ4v) is 1.75. The lowest BCUT2D eigenvalue weighted by Crippen LogP contribution is -2.04. The van der Waals surface area contributed by atoms with E-state index in [1.165, 1.54) is 24.3 Å². The number of oxime groups is 1. The maximum absolute atomic E-state index is 12.4. The van der Waals surface area contributed by atoms with Crippen molar-refractivity contribution < 1.29 is 23.1 Å². The van der Waals surface area contributed by atoms with E-state index in [4.69, 9.17) is 4.84 Å². The maximum atomic E-state index is 12.4. The summed E-state index contributed by atoms with van der Waals surface area (Å²) in [6, 6.07) is 11.2. The molecule has 2 rings (SSSR count). The Morgan fingerprint density at radius 1 is 1.05 bits per heavy atom. The predicted octanol–water partition coefficient (Wildman–Crippen LogP) is 4.35. The summed E-state index contributed by atoms with van der Waals surface area (Å²) in [5.74, 6) is 0.155. The Morgan fingerprint density at radius 3 is 2.18 bits per heavy atom. The molecule has 0 unspecified atom stereocenters. The molecule has 1 N–H and O–H groups in total. The maximum Gasteiger partial charge on any atom is 0.416 e. The van der Waals surface area contributed by atoms with Crippen molar-refractivity contribution in [2.75, 3.05) is 0 Å². The Kier molecular flexibility index (Phi) is 4.70. The standard InChI is InChI=1S/C16H14F3NO2/c1-11(13-4-8-15(21)9-5-13)20-22-10-12-2-6-14(7-3-12)16(17,18)19/h2-9,21H,10H2,1H3/b20-11+. The fraction of sp³-hybridized carbons (Fsp3) is 0.188. The van der Waals surface area contributed by atoms with E-state index in [0.29, 0.717) is 11.3 Å². The minimum absolute atomic E-state index is 0.0769. The van der Waals surface area contributed by atoms with Gasteiger partial charge in [0.25, 0.3) is 0 Å². The number of aromatic hydroxyl groups is 1. The number of halogens is 3. The zero-order valence-corrected chi connectivity index (χ0v) is 11.8. The van der Waals surface area contributed by atoms with Gasteiger partial charge in [0.15, 0.2) is 0 Å². The molecule has 0 atom stereocenters. The summed E-state index contributed by atoms with van der Waals surface area (Å²) in [5, 5.41) is 13.1. The summed E-state index contributed by atoms with van der Waals surface area (Å²) < 4.78 is 37.3. The Bertz CT molecular complexity index is 647. The van der Waals surface area contributed by atoms with Gasteiger partial charge in [0.2, 0.25) is 0 Å². The van der Waals surface area contributed by atoms with E-state index < -0.39 is 11.7 Å². The molecular weight excluding hydrogens is 295 g/mol. The van der Waals surface area contributed by atoms with Crippen LogP contribution in [0.2, 0.25) is 0 Å². The molecule has 0 radical (unpaired) electrons. The summed E-state index contributed by atoms with van der Waals surface area (Å²) >= 11 is 0. The summed E-state index contributed by atoms with van der Waals surface area (Å²) in [5.41, 5.74) is 1.28. The Balaban J connectivity index is 1.95. The smallest absolute Gasteiger partial charge is 0.416 e. The Hall–Kier alpha value is -2.50. The first kappa shape index (κ1) is 15.9. The normalized spacial score (nSPS) is 12.3. The molecule has 0 aromatic heterocycles. The largest absolute Gasteiger partial charge is 0.508 e. The molecule has 0 saturated heterocycles. The van der Waals surface area contributed by atoms with Crippen molar-refractivity contribution in [3.63, 3.8) is 0 Å². The molecule has 0 aliphatic carbocycles. The minimum atomic E-state index is -4.34. The van der Waals surface area contributed by atoms with Crippen molar-refractivity contribution in [3.8, 4) is 5.75 Å². The summed E-state index contributed by atoms with van der Waals surface area (Å²) in [6.45, 7) is 1.81. The van der Waals surface area contributed by atoms with E-state index >= 15 is 0 Å². The highest BCUT2D eigenvalue weighted by Crippen LogP contribution is 2.29. The van der Waals surface area contributed by atoms with Crippen LogP contribution in [0.3, 0.4) is 0 Å². The van der Waals surface area contributed by atoms with Crippen LogP contribution in [0.25, 0.3) is 0 Å². The van der Waals surface area contributed by atoms with Gasteiger partial charge in [0.05, 0.1) is 11.3 Å². The molecule has 0 bridgehead atoms. The van der Waals surface area contributed by atoms with Gasteiger partial charge in [-0.15, -0.1) is 0 Å². The highest BCUT2D eigenvalue weighted by molar-refractivity contribution is 5.98. The van der Waals surface area contributed by atoms with E-state index in [-0.39, 0.29) is 12.4 Å². The van der Waals surface area contributed by atoms with Gasteiger partial charge in [-0.05, 0) is 54.4 Å². The third kappa shape index (κ3) is 4.25. The lowest BCUT2D eigenvalue weighted by molar-refractivity contribution is -0.137. The minimum Gasteiger partial charge on any atom is -0.508 e. The van der Waals surface area contributed by atoms with Gasteiger partial charge in [0.1, 0.15) is 12.4 Å². The third-order valence-corrected chi connectivity index (χ3v) is 3.00. The number of alkyl halides is 3. The average Bonchev–Trinajstić information content (AvgIpc) is 2.47. The topological polar surface area (TPSA) is 41.8 Å². The molecule has 116 valence electrons. The summed E-state index contributed by atoms with van der Waals surface area (Å²) in [4.78, 5) is 5.14. The zero-order valence-electron chi connectivity index (χ0n) is 11.8. The second-order valence-electron chi connectivity index (χ2n) is 4.69. The first-order chi connectivity index (χ1) is 10.4. The van der Waals surface area contributed by atoms with Gasteiger partial charge in [-0.25, -0.2) is 0 Å². The molecule has 0 aliphatic heterocycles. The van der Waals surface area contributed by atoms with Gasteiger partial charge in [0, 0.05) is 0 Å². The number of phenols is 1. The molecular formula is C16H14F3NO2.